The van der Waals surface area contributed by atoms with Crippen LogP contribution >= 0.6 is 0 Å². The first-order chi connectivity index (χ1) is 9.38. The van der Waals surface area contributed by atoms with Crippen molar-refractivity contribution in [2.45, 2.75) is 18.9 Å². The fourth-order valence-corrected chi connectivity index (χ4v) is 2.34. The van der Waals surface area contributed by atoms with E-state index in [0.717, 1.165) is 44.8 Å². The van der Waals surface area contributed by atoms with Gasteiger partial charge in [0.2, 0.25) is 0 Å². The number of piperidine rings is 1. The summed E-state index contributed by atoms with van der Waals surface area (Å²) in [6, 6.07) is 9.98. The van der Waals surface area contributed by atoms with Crippen molar-refractivity contribution in [1.82, 2.24) is 4.90 Å². The first-order valence-electron chi connectivity index (χ1n) is 7.10. The van der Waals surface area contributed by atoms with Gasteiger partial charge < -0.3 is 15.2 Å². The first kappa shape index (κ1) is 14.3. The number of para-hydroxylation sites is 1. The van der Waals surface area contributed by atoms with Crippen LogP contribution in [0.25, 0.3) is 0 Å². The highest BCUT2D eigenvalue weighted by Crippen LogP contribution is 2.13. The molecule has 2 rings (SSSR count). The summed E-state index contributed by atoms with van der Waals surface area (Å²) in [7, 11) is 0. The van der Waals surface area contributed by atoms with Crippen LogP contribution in [0.5, 0.6) is 5.75 Å². The molecular formula is C15H24N2O2. The maximum Gasteiger partial charge on any atom is 0.119 e. The molecule has 1 aliphatic rings. The highest BCUT2D eigenvalue weighted by Gasteiger charge is 2.18. The molecule has 1 aromatic rings. The fourth-order valence-electron chi connectivity index (χ4n) is 2.34. The van der Waals surface area contributed by atoms with Crippen molar-refractivity contribution < 1.29 is 9.47 Å². The molecule has 4 heteroatoms. The van der Waals surface area contributed by atoms with Gasteiger partial charge in [-0.05, 0) is 25.0 Å². The van der Waals surface area contributed by atoms with Gasteiger partial charge in [-0.3, -0.25) is 4.90 Å². The Morgan fingerprint density at radius 2 is 1.84 bits per heavy atom. The molecule has 0 atom stereocenters. The lowest BCUT2D eigenvalue weighted by Gasteiger charge is -2.31. The Hall–Kier alpha value is -1.10. The van der Waals surface area contributed by atoms with E-state index in [9.17, 15) is 0 Å². The van der Waals surface area contributed by atoms with Crippen molar-refractivity contribution in [3.8, 4) is 5.75 Å². The standard InChI is InChI=1S/C15H24N2O2/c16-8-12-18-15-6-9-17(10-7-15)11-13-19-14-4-2-1-3-5-14/h1-5,15H,6-13,16H2. The predicted molar refractivity (Wildman–Crippen MR) is 76.4 cm³/mol. The topological polar surface area (TPSA) is 47.7 Å². The quantitative estimate of drug-likeness (QED) is 0.811. The Kier molecular flexibility index (Phi) is 6.14. The van der Waals surface area contributed by atoms with E-state index < -0.39 is 0 Å². The Labute approximate surface area is 115 Å². The van der Waals surface area contributed by atoms with E-state index in [1.54, 1.807) is 0 Å². The Morgan fingerprint density at radius 3 is 2.53 bits per heavy atom. The Balaban J connectivity index is 1.58. The van der Waals surface area contributed by atoms with Crippen molar-refractivity contribution in [1.29, 1.82) is 0 Å². The molecule has 0 bridgehead atoms. The molecule has 19 heavy (non-hydrogen) atoms. The zero-order valence-electron chi connectivity index (χ0n) is 11.5. The van der Waals surface area contributed by atoms with Gasteiger partial charge in [-0.2, -0.15) is 0 Å². The van der Waals surface area contributed by atoms with Crippen molar-refractivity contribution in [2.75, 3.05) is 39.4 Å². The Morgan fingerprint density at radius 1 is 1.11 bits per heavy atom. The summed E-state index contributed by atoms with van der Waals surface area (Å²) in [6.07, 6.45) is 2.60. The number of likely N-dealkylation sites (tertiary alicyclic amines) is 1. The number of hydrogen-bond donors (Lipinski definition) is 1. The van der Waals surface area contributed by atoms with E-state index in [2.05, 4.69) is 4.90 Å². The van der Waals surface area contributed by atoms with Gasteiger partial charge in [-0.1, -0.05) is 18.2 Å². The van der Waals surface area contributed by atoms with E-state index in [1.165, 1.54) is 0 Å². The number of hydrogen-bond acceptors (Lipinski definition) is 4. The third-order valence-electron chi connectivity index (χ3n) is 3.43. The first-order valence-corrected chi connectivity index (χ1v) is 7.10. The molecule has 1 aliphatic heterocycles. The van der Waals surface area contributed by atoms with Crippen LogP contribution in [0.15, 0.2) is 30.3 Å². The predicted octanol–water partition coefficient (Wildman–Crippen LogP) is 1.51. The molecule has 0 spiro atoms. The molecule has 1 fully saturated rings. The lowest BCUT2D eigenvalue weighted by atomic mass is 10.1. The van der Waals surface area contributed by atoms with E-state index in [-0.39, 0.29) is 0 Å². The van der Waals surface area contributed by atoms with Crippen LogP contribution in [-0.2, 0) is 4.74 Å². The zero-order valence-corrected chi connectivity index (χ0v) is 11.5. The molecule has 1 saturated heterocycles. The van der Waals surface area contributed by atoms with Gasteiger partial charge in [0.1, 0.15) is 12.4 Å². The van der Waals surface area contributed by atoms with E-state index in [4.69, 9.17) is 15.2 Å². The lowest BCUT2D eigenvalue weighted by molar-refractivity contribution is 0.00924. The van der Waals surface area contributed by atoms with Crippen LogP contribution in [0.3, 0.4) is 0 Å². The average Bonchev–Trinajstić information content (AvgIpc) is 2.47. The zero-order chi connectivity index (χ0) is 13.3. The van der Waals surface area contributed by atoms with E-state index in [1.807, 2.05) is 30.3 Å². The number of benzene rings is 1. The monoisotopic (exact) mass is 264 g/mol. The third kappa shape index (κ3) is 5.19. The van der Waals surface area contributed by atoms with Gasteiger partial charge in [-0.25, -0.2) is 0 Å². The molecule has 1 heterocycles. The van der Waals surface area contributed by atoms with E-state index >= 15 is 0 Å². The third-order valence-corrected chi connectivity index (χ3v) is 3.43. The summed E-state index contributed by atoms with van der Waals surface area (Å²) in [5, 5.41) is 0. The summed E-state index contributed by atoms with van der Waals surface area (Å²) in [5.41, 5.74) is 5.44. The number of ether oxygens (including phenoxy) is 2. The summed E-state index contributed by atoms with van der Waals surface area (Å²) in [5.74, 6) is 0.948. The minimum atomic E-state index is 0.398. The SMILES string of the molecule is NCCOC1CCN(CCOc2ccccc2)CC1. The van der Waals surface area contributed by atoms with Gasteiger partial charge in [0.15, 0.2) is 0 Å². The normalized spacial score (nSPS) is 17.5. The second-order valence-electron chi connectivity index (χ2n) is 4.86. The number of nitrogens with two attached hydrogens (primary N) is 1. The highest BCUT2D eigenvalue weighted by molar-refractivity contribution is 5.20. The second-order valence-corrected chi connectivity index (χ2v) is 4.86. The van der Waals surface area contributed by atoms with Gasteiger partial charge in [0.25, 0.3) is 0 Å². The molecule has 0 unspecified atom stereocenters. The number of rotatable bonds is 7. The molecule has 0 aliphatic carbocycles. The van der Waals surface area contributed by atoms with Crippen molar-refractivity contribution in [2.24, 2.45) is 5.73 Å². The molecule has 0 amide bonds. The van der Waals surface area contributed by atoms with Crippen LogP contribution in [0.1, 0.15) is 12.8 Å². The summed E-state index contributed by atoms with van der Waals surface area (Å²) in [6.45, 7) is 5.21. The lowest BCUT2D eigenvalue weighted by Crippen LogP contribution is -2.39. The summed E-state index contributed by atoms with van der Waals surface area (Å²) in [4.78, 5) is 2.44. The van der Waals surface area contributed by atoms with Crippen molar-refractivity contribution in [3.63, 3.8) is 0 Å². The molecule has 0 saturated carbocycles. The summed E-state index contributed by atoms with van der Waals surface area (Å²) < 4.78 is 11.4. The molecule has 2 N–H and O–H groups in total. The van der Waals surface area contributed by atoms with Crippen molar-refractivity contribution >= 4 is 0 Å². The number of nitrogens with zero attached hydrogens (tertiary/aromatic N) is 1. The van der Waals surface area contributed by atoms with E-state index in [0.29, 0.717) is 19.3 Å². The van der Waals surface area contributed by atoms with Crippen LogP contribution in [0.4, 0.5) is 0 Å². The van der Waals surface area contributed by atoms with Gasteiger partial charge >= 0.3 is 0 Å². The molecular weight excluding hydrogens is 240 g/mol. The Bertz CT molecular complexity index is 337. The minimum Gasteiger partial charge on any atom is -0.492 e. The molecule has 106 valence electrons. The van der Waals surface area contributed by atoms with Gasteiger partial charge in [0, 0.05) is 26.2 Å². The van der Waals surface area contributed by atoms with Gasteiger partial charge in [0.05, 0.1) is 12.7 Å². The van der Waals surface area contributed by atoms with Crippen molar-refractivity contribution in [3.05, 3.63) is 30.3 Å². The molecule has 1 aromatic carbocycles. The minimum absolute atomic E-state index is 0.398. The second kappa shape index (κ2) is 8.15. The highest BCUT2D eigenvalue weighted by atomic mass is 16.5. The largest absolute Gasteiger partial charge is 0.492 e. The average molecular weight is 264 g/mol. The fraction of sp³-hybridized carbons (Fsp3) is 0.600. The summed E-state index contributed by atoms with van der Waals surface area (Å²) >= 11 is 0. The molecule has 0 aromatic heterocycles. The van der Waals surface area contributed by atoms with Crippen LogP contribution < -0.4 is 10.5 Å². The van der Waals surface area contributed by atoms with Gasteiger partial charge in [-0.15, -0.1) is 0 Å². The van der Waals surface area contributed by atoms with Crippen LogP contribution in [0.2, 0.25) is 0 Å². The van der Waals surface area contributed by atoms with Crippen LogP contribution in [0, 0.1) is 0 Å². The maximum absolute atomic E-state index is 5.71. The maximum atomic E-state index is 5.71. The molecule has 0 radical (unpaired) electrons. The smallest absolute Gasteiger partial charge is 0.119 e. The molecule has 4 nitrogen and oxygen atoms in total. The van der Waals surface area contributed by atoms with Crippen LogP contribution in [-0.4, -0.2) is 50.4 Å².